The molecule has 2 radical (unpaired) electrons. The number of amides is 1. The molecular weight excluding hydrogens is 317 g/mol. The average Bonchev–Trinajstić information content (AvgIpc) is 2.38. The van der Waals surface area contributed by atoms with E-state index in [9.17, 15) is 4.79 Å². The van der Waals surface area contributed by atoms with Crippen molar-refractivity contribution in [2.24, 2.45) is 0 Å². The van der Waals surface area contributed by atoms with Crippen LogP contribution in [0.4, 0.5) is 10.6 Å². The molecule has 0 bridgehead atoms. The fourth-order valence-corrected chi connectivity index (χ4v) is 2.29. The molecule has 0 unspecified atom stereocenters. The van der Waals surface area contributed by atoms with Crippen LogP contribution in [0.3, 0.4) is 0 Å². The Morgan fingerprint density at radius 2 is 1.90 bits per heavy atom. The third-order valence-electron chi connectivity index (χ3n) is 2.99. The van der Waals surface area contributed by atoms with Crippen LogP contribution in [0.25, 0.3) is 0 Å². The summed E-state index contributed by atoms with van der Waals surface area (Å²) in [5.41, 5.74) is -0.440. The first kappa shape index (κ1) is 15.2. The quantitative estimate of drug-likeness (QED) is 0.716. The van der Waals surface area contributed by atoms with Crippen LogP contribution in [0.1, 0.15) is 20.8 Å². The first-order valence-corrected chi connectivity index (χ1v) is 7.67. The Hall–Kier alpha value is -1.22. The average molecular weight is 337 g/mol. The number of pyridine rings is 1. The molecule has 1 aromatic heterocycles. The molecule has 0 aromatic carbocycles. The summed E-state index contributed by atoms with van der Waals surface area (Å²) >= 11 is 2.48. The maximum atomic E-state index is 12.0. The third-order valence-corrected chi connectivity index (χ3v) is 3.54. The second-order valence-corrected chi connectivity index (χ2v) is 6.91. The van der Waals surface area contributed by atoms with Crippen molar-refractivity contribution in [2.75, 3.05) is 31.1 Å². The van der Waals surface area contributed by atoms with Gasteiger partial charge in [0.25, 0.3) is 0 Å². The van der Waals surface area contributed by atoms with Crippen LogP contribution >= 0.6 is 0 Å². The Bertz CT molecular complexity index is 462. The molecule has 1 aliphatic heterocycles. The minimum absolute atomic E-state index is 0.230. The van der Waals surface area contributed by atoms with Crippen LogP contribution < -0.4 is 9.25 Å². The molecule has 2 heterocycles. The number of hydrogen-bond donors (Lipinski definition) is 0. The maximum absolute atomic E-state index is 12.0. The Morgan fingerprint density at radius 1 is 1.25 bits per heavy atom. The van der Waals surface area contributed by atoms with Gasteiger partial charge < -0.3 is 0 Å². The molecule has 1 aliphatic rings. The molecule has 6 heteroatoms. The van der Waals surface area contributed by atoms with Crippen LogP contribution in [0.2, 0.25) is 0 Å². The number of carbonyl (C=O) groups excluding carboxylic acids is 1. The zero-order chi connectivity index (χ0) is 14.8. The molecule has 1 fully saturated rings. The van der Waals surface area contributed by atoms with Gasteiger partial charge in [0.05, 0.1) is 0 Å². The van der Waals surface area contributed by atoms with Crippen LogP contribution in [0, 0.1) is 0 Å². The van der Waals surface area contributed by atoms with Crippen molar-refractivity contribution in [3.63, 3.8) is 0 Å². The molecule has 1 amide bonds. The Balaban J connectivity index is 1.89. The van der Waals surface area contributed by atoms with E-state index in [1.165, 1.54) is 0 Å². The molecule has 1 aromatic rings. The van der Waals surface area contributed by atoms with E-state index < -0.39 is 5.60 Å². The fourth-order valence-electron chi connectivity index (χ4n) is 2.01. The van der Waals surface area contributed by atoms with Gasteiger partial charge in [0, 0.05) is 0 Å². The third kappa shape index (κ3) is 4.14. The van der Waals surface area contributed by atoms with Gasteiger partial charge in [-0.15, -0.1) is 0 Å². The molecule has 0 N–H and O–H groups in total. The van der Waals surface area contributed by atoms with E-state index in [4.69, 9.17) is 4.74 Å². The van der Waals surface area contributed by atoms with E-state index in [0.717, 1.165) is 23.3 Å². The van der Waals surface area contributed by atoms with Crippen LogP contribution in [-0.4, -0.2) is 64.6 Å². The summed E-state index contributed by atoms with van der Waals surface area (Å²) in [6.07, 6.45) is 1.61. The standard InChI is InChI=1S/C14H20AsN3O2/c1-14(2,3)20-13(19)18-8-6-17(7-9-18)12-5-4-11(15)10-16-12/h4-5,10H,6-9H2,1-3H3. The zero-order valence-corrected chi connectivity index (χ0v) is 14.0. The normalized spacial score (nSPS) is 16.2. The van der Waals surface area contributed by atoms with Gasteiger partial charge in [-0.2, -0.15) is 0 Å². The summed E-state index contributed by atoms with van der Waals surface area (Å²) in [6, 6.07) is 4.04. The number of rotatable bonds is 1. The second kappa shape index (κ2) is 6.04. The van der Waals surface area contributed by atoms with Gasteiger partial charge >= 0.3 is 128 Å². The topological polar surface area (TPSA) is 45.7 Å². The molecule has 5 nitrogen and oxygen atoms in total. The van der Waals surface area contributed by atoms with Gasteiger partial charge in [0.15, 0.2) is 0 Å². The summed E-state index contributed by atoms with van der Waals surface area (Å²) in [7, 11) is 0. The number of piperazine rings is 1. The van der Waals surface area contributed by atoms with Crippen LogP contribution in [-0.2, 0) is 4.74 Å². The molecule has 108 valence electrons. The van der Waals surface area contributed by atoms with E-state index in [0.29, 0.717) is 13.1 Å². The number of hydrogen-bond acceptors (Lipinski definition) is 4. The number of anilines is 1. The van der Waals surface area contributed by atoms with E-state index in [2.05, 4.69) is 26.7 Å². The first-order chi connectivity index (χ1) is 9.35. The van der Waals surface area contributed by atoms with Crippen molar-refractivity contribution in [2.45, 2.75) is 26.4 Å². The van der Waals surface area contributed by atoms with Crippen LogP contribution in [0.15, 0.2) is 18.3 Å². The monoisotopic (exact) mass is 337 g/mol. The Kier molecular flexibility index (Phi) is 4.58. The van der Waals surface area contributed by atoms with E-state index in [-0.39, 0.29) is 6.09 Å². The number of carbonyl (C=O) groups is 1. The molecule has 0 saturated carbocycles. The summed E-state index contributed by atoms with van der Waals surface area (Å²) in [5.74, 6) is 0.962. The van der Waals surface area contributed by atoms with E-state index >= 15 is 0 Å². The Labute approximate surface area is 128 Å². The van der Waals surface area contributed by atoms with Gasteiger partial charge in [0.2, 0.25) is 0 Å². The summed E-state index contributed by atoms with van der Waals surface area (Å²) in [6.45, 7) is 8.55. The SMILES string of the molecule is CC(C)(C)OC(=O)N1CCN(c2ccc([As])cn2)CC1. The molecule has 2 rings (SSSR count). The molecule has 0 atom stereocenters. The number of aromatic nitrogens is 1. The van der Waals surface area contributed by atoms with Crippen molar-refractivity contribution in [3.8, 4) is 0 Å². The van der Waals surface area contributed by atoms with Crippen LogP contribution in [0.5, 0.6) is 0 Å². The fraction of sp³-hybridized carbons (Fsp3) is 0.571. The van der Waals surface area contributed by atoms with Gasteiger partial charge in [-0.05, 0) is 0 Å². The van der Waals surface area contributed by atoms with E-state index in [1.54, 1.807) is 4.90 Å². The van der Waals surface area contributed by atoms with E-state index in [1.807, 2.05) is 39.1 Å². The van der Waals surface area contributed by atoms with Crippen molar-refractivity contribution in [1.29, 1.82) is 0 Å². The number of ether oxygens (including phenoxy) is 1. The Morgan fingerprint density at radius 3 is 2.40 bits per heavy atom. The minimum atomic E-state index is -0.440. The van der Waals surface area contributed by atoms with Crippen molar-refractivity contribution in [3.05, 3.63) is 18.3 Å². The van der Waals surface area contributed by atoms with Crippen molar-refractivity contribution in [1.82, 2.24) is 9.88 Å². The molecular formula is C14H20AsN3O2. The van der Waals surface area contributed by atoms with Crippen molar-refractivity contribution >= 4 is 33.1 Å². The molecule has 1 saturated heterocycles. The predicted octanol–water partition coefficient (Wildman–Crippen LogP) is 0.933. The zero-order valence-electron chi connectivity index (χ0n) is 12.2. The van der Waals surface area contributed by atoms with Gasteiger partial charge in [-0.1, -0.05) is 0 Å². The molecule has 0 spiro atoms. The number of nitrogens with zero attached hydrogens (tertiary/aromatic N) is 3. The summed E-state index contributed by atoms with van der Waals surface area (Å²) < 4.78 is 6.48. The van der Waals surface area contributed by atoms with Gasteiger partial charge in [0.1, 0.15) is 0 Å². The first-order valence-electron chi connectivity index (χ1n) is 6.73. The summed E-state index contributed by atoms with van der Waals surface area (Å²) in [5, 5.41) is 0. The second-order valence-electron chi connectivity index (χ2n) is 5.83. The summed E-state index contributed by atoms with van der Waals surface area (Å²) in [4.78, 5) is 20.3. The molecule has 0 aliphatic carbocycles. The predicted molar refractivity (Wildman–Crippen MR) is 79.6 cm³/mol. The van der Waals surface area contributed by atoms with Gasteiger partial charge in [-0.3, -0.25) is 0 Å². The molecule has 20 heavy (non-hydrogen) atoms. The van der Waals surface area contributed by atoms with Gasteiger partial charge in [-0.25, -0.2) is 0 Å². The van der Waals surface area contributed by atoms with Crippen molar-refractivity contribution < 1.29 is 9.53 Å².